The summed E-state index contributed by atoms with van der Waals surface area (Å²) < 4.78 is 0. The van der Waals surface area contributed by atoms with Crippen LogP contribution in [0.5, 0.6) is 0 Å². The zero-order valence-corrected chi connectivity index (χ0v) is 15.1. The Kier molecular flexibility index (Phi) is 9.06. The zero-order valence-electron chi connectivity index (χ0n) is 15.1. The van der Waals surface area contributed by atoms with Crippen LogP contribution < -0.4 is 10.6 Å². The number of piperidine rings is 1. The van der Waals surface area contributed by atoms with E-state index in [1.165, 1.54) is 0 Å². The lowest BCUT2D eigenvalue weighted by Gasteiger charge is -2.30. The van der Waals surface area contributed by atoms with Gasteiger partial charge in [0, 0.05) is 12.1 Å². The molecule has 2 fully saturated rings. The van der Waals surface area contributed by atoms with Gasteiger partial charge in [-0.05, 0) is 32.2 Å². The minimum absolute atomic E-state index is 0.0181. The lowest BCUT2D eigenvalue weighted by atomic mass is 9.94. The van der Waals surface area contributed by atoms with Crippen LogP contribution in [0.4, 0.5) is 0 Å². The maximum atomic E-state index is 10.2. The predicted molar refractivity (Wildman–Crippen MR) is 95.2 cm³/mol. The number of hydrogen-bond donors (Lipinski definition) is 7. The van der Waals surface area contributed by atoms with Gasteiger partial charge in [0.05, 0.1) is 37.1 Å². The first kappa shape index (κ1) is 21.0. The van der Waals surface area contributed by atoms with Gasteiger partial charge in [-0.15, -0.1) is 0 Å². The van der Waals surface area contributed by atoms with Crippen molar-refractivity contribution in [2.24, 2.45) is 0 Å². The third kappa shape index (κ3) is 6.13. The summed E-state index contributed by atoms with van der Waals surface area (Å²) in [7, 11) is 0. The van der Waals surface area contributed by atoms with Gasteiger partial charge in [-0.3, -0.25) is 0 Å². The van der Waals surface area contributed by atoms with E-state index in [0.717, 1.165) is 57.9 Å². The maximum Gasteiger partial charge on any atom is 0.0989 e. The highest BCUT2D eigenvalue weighted by Gasteiger charge is 2.39. The Balaban J connectivity index is 1.53. The van der Waals surface area contributed by atoms with Gasteiger partial charge in [-0.2, -0.15) is 0 Å². The predicted octanol–water partition coefficient (Wildman–Crippen LogP) is -0.755. The fraction of sp³-hybridized carbons (Fsp3) is 1.00. The van der Waals surface area contributed by atoms with Crippen molar-refractivity contribution in [3.8, 4) is 0 Å². The van der Waals surface area contributed by atoms with E-state index in [9.17, 15) is 20.4 Å². The highest BCUT2D eigenvalue weighted by molar-refractivity contribution is 4.97. The average Bonchev–Trinajstić information content (AvgIpc) is 2.92. The summed E-state index contributed by atoms with van der Waals surface area (Å²) in [4.78, 5) is 0. The van der Waals surface area contributed by atoms with E-state index in [4.69, 9.17) is 5.11 Å². The molecule has 2 saturated heterocycles. The lowest BCUT2D eigenvalue weighted by molar-refractivity contribution is -0.0145. The van der Waals surface area contributed by atoms with E-state index < -0.39 is 30.5 Å². The van der Waals surface area contributed by atoms with Gasteiger partial charge in [0.1, 0.15) is 0 Å². The molecule has 7 nitrogen and oxygen atoms in total. The molecule has 2 aliphatic heterocycles. The van der Waals surface area contributed by atoms with Crippen LogP contribution in [0.2, 0.25) is 0 Å². The van der Waals surface area contributed by atoms with Crippen LogP contribution in [0, 0.1) is 0 Å². The molecule has 7 atom stereocenters. The summed E-state index contributed by atoms with van der Waals surface area (Å²) in [6.07, 6.45) is 5.19. The first-order chi connectivity index (χ1) is 12.0. The van der Waals surface area contributed by atoms with Crippen LogP contribution in [0.25, 0.3) is 0 Å². The van der Waals surface area contributed by atoms with Crippen molar-refractivity contribution in [3.05, 3.63) is 0 Å². The molecule has 0 radical (unpaired) electrons. The second kappa shape index (κ2) is 10.8. The van der Waals surface area contributed by atoms with Gasteiger partial charge in [0.25, 0.3) is 0 Å². The molecule has 7 heteroatoms. The summed E-state index contributed by atoms with van der Waals surface area (Å²) in [5, 5.41) is 55.5. The third-order valence-corrected chi connectivity index (χ3v) is 5.72. The molecule has 0 aromatic heterocycles. The highest BCUT2D eigenvalue weighted by atomic mass is 16.3. The van der Waals surface area contributed by atoms with Crippen molar-refractivity contribution in [3.63, 3.8) is 0 Å². The van der Waals surface area contributed by atoms with Gasteiger partial charge >= 0.3 is 0 Å². The van der Waals surface area contributed by atoms with Crippen molar-refractivity contribution in [2.45, 2.75) is 100 Å². The van der Waals surface area contributed by atoms with E-state index >= 15 is 0 Å². The quantitative estimate of drug-likeness (QED) is 0.256. The van der Waals surface area contributed by atoms with E-state index in [2.05, 4.69) is 10.6 Å². The molecule has 0 bridgehead atoms. The Morgan fingerprint density at radius 3 is 2.28 bits per heavy atom. The fourth-order valence-electron chi connectivity index (χ4n) is 4.04. The Bertz CT molecular complexity index is 367. The molecule has 0 aliphatic carbocycles. The van der Waals surface area contributed by atoms with Crippen LogP contribution in [0.15, 0.2) is 0 Å². The van der Waals surface area contributed by atoms with Crippen molar-refractivity contribution in [1.82, 2.24) is 10.6 Å². The molecule has 0 unspecified atom stereocenters. The molecular weight excluding hydrogens is 324 g/mol. The Hall–Kier alpha value is -0.280. The standard InChI is InChI=1S/C18H36N2O5/c21-11-14-18(25)17(24)13(20-14)8-3-1-2-4-9-15(22)16(23)12-7-5-6-10-19-12/h12-25H,1-11H2/t12-,13-,14-,15-,16-,17-,18-/m1/s1. The molecular formula is C18H36N2O5. The normalized spacial score (nSPS) is 35.6. The Morgan fingerprint density at radius 1 is 0.920 bits per heavy atom. The number of nitrogens with one attached hydrogen (secondary N) is 2. The molecule has 148 valence electrons. The van der Waals surface area contributed by atoms with Gasteiger partial charge < -0.3 is 36.2 Å². The third-order valence-electron chi connectivity index (χ3n) is 5.72. The van der Waals surface area contributed by atoms with Gasteiger partial charge in [0.15, 0.2) is 0 Å². The second-order valence-electron chi connectivity index (χ2n) is 7.65. The molecule has 25 heavy (non-hydrogen) atoms. The molecule has 7 N–H and O–H groups in total. The molecule has 0 aromatic carbocycles. The van der Waals surface area contributed by atoms with E-state index in [-0.39, 0.29) is 18.7 Å². The molecule has 0 spiro atoms. The number of hydrogen-bond acceptors (Lipinski definition) is 7. The summed E-state index contributed by atoms with van der Waals surface area (Å²) in [5.41, 5.74) is 0. The number of aliphatic hydroxyl groups excluding tert-OH is 5. The van der Waals surface area contributed by atoms with Gasteiger partial charge in [-0.1, -0.05) is 32.1 Å². The van der Waals surface area contributed by atoms with Crippen molar-refractivity contribution in [2.75, 3.05) is 13.2 Å². The van der Waals surface area contributed by atoms with Crippen LogP contribution in [0.1, 0.15) is 57.8 Å². The zero-order chi connectivity index (χ0) is 18.2. The molecule has 2 aliphatic rings. The molecule has 0 aromatic rings. The van der Waals surface area contributed by atoms with Crippen molar-refractivity contribution >= 4 is 0 Å². The number of aliphatic hydroxyl groups is 5. The summed E-state index contributed by atoms with van der Waals surface area (Å²) in [6.45, 7) is 0.742. The van der Waals surface area contributed by atoms with Crippen LogP contribution in [0.3, 0.4) is 0 Å². The summed E-state index contributed by atoms with van der Waals surface area (Å²) >= 11 is 0. The minimum atomic E-state index is -0.903. The van der Waals surface area contributed by atoms with E-state index in [1.807, 2.05) is 0 Å². The monoisotopic (exact) mass is 360 g/mol. The van der Waals surface area contributed by atoms with E-state index in [0.29, 0.717) is 6.42 Å². The lowest BCUT2D eigenvalue weighted by Crippen LogP contribution is -2.48. The average molecular weight is 360 g/mol. The fourth-order valence-corrected chi connectivity index (χ4v) is 4.04. The van der Waals surface area contributed by atoms with Gasteiger partial charge in [0.2, 0.25) is 0 Å². The second-order valence-corrected chi connectivity index (χ2v) is 7.65. The Labute approximate surface area is 150 Å². The maximum absolute atomic E-state index is 10.2. The smallest absolute Gasteiger partial charge is 0.0989 e. The van der Waals surface area contributed by atoms with Crippen molar-refractivity contribution < 1.29 is 25.5 Å². The molecule has 2 rings (SSSR count). The van der Waals surface area contributed by atoms with Crippen LogP contribution in [-0.4, -0.2) is 81.2 Å². The number of rotatable bonds is 10. The summed E-state index contributed by atoms with van der Waals surface area (Å²) in [6, 6.07) is -0.591. The van der Waals surface area contributed by atoms with Crippen LogP contribution >= 0.6 is 0 Å². The summed E-state index contributed by atoms with van der Waals surface area (Å²) in [5.74, 6) is 0. The Morgan fingerprint density at radius 2 is 1.64 bits per heavy atom. The number of unbranched alkanes of at least 4 members (excludes halogenated alkanes) is 3. The highest BCUT2D eigenvalue weighted by Crippen LogP contribution is 2.20. The van der Waals surface area contributed by atoms with E-state index in [1.54, 1.807) is 0 Å². The topological polar surface area (TPSA) is 125 Å². The van der Waals surface area contributed by atoms with Gasteiger partial charge in [-0.25, -0.2) is 0 Å². The molecule has 0 saturated carbocycles. The SMILES string of the molecule is OC[C@H]1N[C@H](CCCCCC[C@@H](O)[C@H](O)[C@H]2CCCCN2)[C@@H](O)[C@@H]1O. The largest absolute Gasteiger partial charge is 0.395 e. The molecule has 2 heterocycles. The van der Waals surface area contributed by atoms with Crippen molar-refractivity contribution in [1.29, 1.82) is 0 Å². The first-order valence-corrected chi connectivity index (χ1v) is 9.87. The minimum Gasteiger partial charge on any atom is -0.395 e. The molecule has 0 amide bonds. The van der Waals surface area contributed by atoms with Crippen LogP contribution in [-0.2, 0) is 0 Å². The first-order valence-electron chi connectivity index (χ1n) is 9.87.